The third-order valence-electron chi connectivity index (χ3n) is 4.67. The van der Waals surface area contributed by atoms with Crippen molar-refractivity contribution < 1.29 is 13.0 Å². The number of hydrogen-bond acceptors (Lipinski definition) is 2. The lowest BCUT2D eigenvalue weighted by molar-refractivity contribution is 0.483. The maximum atomic E-state index is 11.4. The largest absolute Gasteiger partial charge is 0.294 e. The Morgan fingerprint density at radius 1 is 0.500 bits per heavy atom. The van der Waals surface area contributed by atoms with Gasteiger partial charge in [0.05, 0.1) is 4.90 Å². The molecule has 0 aromatic heterocycles. The van der Waals surface area contributed by atoms with Crippen LogP contribution in [0.3, 0.4) is 0 Å². The molecular weight excluding hydrogens is 368 g/mol. The van der Waals surface area contributed by atoms with Gasteiger partial charge < -0.3 is 0 Å². The molecule has 0 saturated carbocycles. The van der Waals surface area contributed by atoms with E-state index in [1.54, 1.807) is 12.1 Å². The van der Waals surface area contributed by atoms with E-state index in [0.29, 0.717) is 0 Å². The van der Waals surface area contributed by atoms with Crippen LogP contribution in [0.15, 0.2) is 108 Å². The van der Waals surface area contributed by atoms with E-state index in [9.17, 15) is 13.0 Å². The van der Waals surface area contributed by atoms with Gasteiger partial charge in [-0.15, -0.1) is 0 Å². The quantitative estimate of drug-likeness (QED) is 0.442. The smallest absolute Gasteiger partial charge is 0.282 e. The van der Waals surface area contributed by atoms with E-state index < -0.39 is 10.1 Å². The molecule has 1 N–H and O–H groups in total. The van der Waals surface area contributed by atoms with Gasteiger partial charge in [-0.25, -0.2) is 0 Å². The molecule has 0 amide bonds. The highest BCUT2D eigenvalue weighted by Crippen LogP contribution is 2.40. The SMILES string of the molecule is O=S(=O)(O)c1ccc(-c2c(-c3ccccc3)cccc2-c2ccccc2)cc1. The van der Waals surface area contributed by atoms with Crippen LogP contribution in [-0.2, 0) is 10.1 Å². The summed E-state index contributed by atoms with van der Waals surface area (Å²) in [6, 6.07) is 32.6. The van der Waals surface area contributed by atoms with Gasteiger partial charge in [0.25, 0.3) is 10.1 Å². The van der Waals surface area contributed by atoms with Crippen molar-refractivity contribution in [3.63, 3.8) is 0 Å². The molecule has 4 heteroatoms. The van der Waals surface area contributed by atoms with Crippen molar-refractivity contribution in [2.75, 3.05) is 0 Å². The molecule has 138 valence electrons. The fourth-order valence-corrected chi connectivity index (χ4v) is 3.85. The highest BCUT2D eigenvalue weighted by atomic mass is 32.2. The molecular formula is C24H18O3S. The van der Waals surface area contributed by atoms with Crippen molar-refractivity contribution in [2.24, 2.45) is 0 Å². The summed E-state index contributed by atoms with van der Waals surface area (Å²) in [6.07, 6.45) is 0. The molecule has 0 aliphatic carbocycles. The molecule has 0 aliphatic rings. The van der Waals surface area contributed by atoms with Gasteiger partial charge in [0.2, 0.25) is 0 Å². The van der Waals surface area contributed by atoms with Crippen LogP contribution in [0.5, 0.6) is 0 Å². The zero-order chi connectivity index (χ0) is 19.6. The van der Waals surface area contributed by atoms with Crippen molar-refractivity contribution in [3.8, 4) is 33.4 Å². The van der Waals surface area contributed by atoms with E-state index in [1.807, 2.05) is 42.5 Å². The van der Waals surface area contributed by atoms with Gasteiger partial charge in [-0.3, -0.25) is 4.55 Å². The normalized spacial score (nSPS) is 11.3. The molecule has 28 heavy (non-hydrogen) atoms. The third kappa shape index (κ3) is 3.60. The lowest BCUT2D eigenvalue weighted by Crippen LogP contribution is -1.97. The van der Waals surface area contributed by atoms with Crippen molar-refractivity contribution >= 4 is 10.1 Å². The van der Waals surface area contributed by atoms with Crippen LogP contribution in [0.25, 0.3) is 33.4 Å². The molecule has 0 saturated heterocycles. The van der Waals surface area contributed by atoms with Crippen LogP contribution in [0.1, 0.15) is 0 Å². The minimum Gasteiger partial charge on any atom is -0.282 e. The Labute approximate surface area is 164 Å². The molecule has 4 aromatic rings. The molecule has 0 heterocycles. The Bertz CT molecular complexity index is 1140. The summed E-state index contributed by atoms with van der Waals surface area (Å²) in [5.74, 6) is 0. The van der Waals surface area contributed by atoms with Crippen LogP contribution in [0.4, 0.5) is 0 Å². The van der Waals surface area contributed by atoms with E-state index in [-0.39, 0.29) is 4.90 Å². The fourth-order valence-electron chi connectivity index (χ4n) is 3.37. The number of hydrogen-bond donors (Lipinski definition) is 1. The summed E-state index contributed by atoms with van der Waals surface area (Å²) in [5, 5.41) is 0. The van der Waals surface area contributed by atoms with Gasteiger partial charge in [-0.2, -0.15) is 8.42 Å². The first-order valence-corrected chi connectivity index (χ1v) is 10.3. The first kappa shape index (κ1) is 18.2. The molecule has 3 nitrogen and oxygen atoms in total. The van der Waals surface area contributed by atoms with Crippen LogP contribution in [-0.4, -0.2) is 13.0 Å². The zero-order valence-corrected chi connectivity index (χ0v) is 15.8. The van der Waals surface area contributed by atoms with E-state index >= 15 is 0 Å². The van der Waals surface area contributed by atoms with Gasteiger partial charge in [0.15, 0.2) is 0 Å². The minimum absolute atomic E-state index is 0.116. The standard InChI is InChI=1S/C24H18O3S/c25-28(26,27)21-16-14-20(15-17-21)24-22(18-8-3-1-4-9-18)12-7-13-23(24)19-10-5-2-6-11-19/h1-17H,(H,25,26,27). The second kappa shape index (κ2) is 7.43. The Kier molecular flexibility index (Phi) is 4.82. The monoisotopic (exact) mass is 386 g/mol. The molecule has 0 bridgehead atoms. The van der Waals surface area contributed by atoms with Crippen LogP contribution in [0.2, 0.25) is 0 Å². The predicted molar refractivity (Wildman–Crippen MR) is 113 cm³/mol. The number of rotatable bonds is 4. The van der Waals surface area contributed by atoms with Gasteiger partial charge in [0.1, 0.15) is 0 Å². The van der Waals surface area contributed by atoms with Crippen molar-refractivity contribution in [1.82, 2.24) is 0 Å². The molecule has 0 radical (unpaired) electrons. The Hall–Kier alpha value is -3.21. The van der Waals surface area contributed by atoms with Crippen LogP contribution >= 0.6 is 0 Å². The van der Waals surface area contributed by atoms with E-state index in [1.165, 1.54) is 12.1 Å². The first-order valence-electron chi connectivity index (χ1n) is 8.86. The summed E-state index contributed by atoms with van der Waals surface area (Å²) in [6.45, 7) is 0. The van der Waals surface area contributed by atoms with E-state index in [0.717, 1.165) is 33.4 Å². The minimum atomic E-state index is -4.23. The average Bonchev–Trinajstić information content (AvgIpc) is 2.74. The second-order valence-electron chi connectivity index (χ2n) is 6.46. The highest BCUT2D eigenvalue weighted by Gasteiger charge is 2.15. The fraction of sp³-hybridized carbons (Fsp3) is 0. The molecule has 0 atom stereocenters. The number of benzene rings is 4. The van der Waals surface area contributed by atoms with Gasteiger partial charge in [-0.05, 0) is 45.5 Å². The zero-order valence-electron chi connectivity index (χ0n) is 15.0. The van der Waals surface area contributed by atoms with Gasteiger partial charge in [-0.1, -0.05) is 91.0 Å². The van der Waals surface area contributed by atoms with Crippen molar-refractivity contribution in [1.29, 1.82) is 0 Å². The first-order chi connectivity index (χ1) is 13.5. The lowest BCUT2D eigenvalue weighted by atomic mass is 9.88. The van der Waals surface area contributed by atoms with E-state index in [4.69, 9.17) is 0 Å². The summed E-state index contributed by atoms with van der Waals surface area (Å²) >= 11 is 0. The highest BCUT2D eigenvalue weighted by molar-refractivity contribution is 7.85. The molecule has 4 rings (SSSR count). The molecule has 0 aliphatic heterocycles. The third-order valence-corrected chi connectivity index (χ3v) is 5.54. The van der Waals surface area contributed by atoms with Crippen LogP contribution < -0.4 is 0 Å². The summed E-state index contributed by atoms with van der Waals surface area (Å²) in [5.41, 5.74) is 6.17. The van der Waals surface area contributed by atoms with Crippen molar-refractivity contribution in [2.45, 2.75) is 4.90 Å². The second-order valence-corrected chi connectivity index (χ2v) is 7.88. The summed E-state index contributed by atoms with van der Waals surface area (Å²) in [7, 11) is -4.23. The maximum Gasteiger partial charge on any atom is 0.294 e. The van der Waals surface area contributed by atoms with Crippen LogP contribution in [0, 0.1) is 0 Å². The Balaban J connectivity index is 1.98. The Morgan fingerprint density at radius 2 is 0.964 bits per heavy atom. The van der Waals surface area contributed by atoms with Crippen molar-refractivity contribution in [3.05, 3.63) is 103 Å². The predicted octanol–water partition coefficient (Wildman–Crippen LogP) is 5.93. The Morgan fingerprint density at radius 3 is 1.39 bits per heavy atom. The summed E-state index contributed by atoms with van der Waals surface area (Å²) in [4.78, 5) is -0.116. The molecule has 0 unspecified atom stereocenters. The topological polar surface area (TPSA) is 54.4 Å². The van der Waals surface area contributed by atoms with E-state index in [2.05, 4.69) is 36.4 Å². The van der Waals surface area contributed by atoms with Gasteiger partial charge >= 0.3 is 0 Å². The molecule has 0 fully saturated rings. The maximum absolute atomic E-state index is 11.4. The lowest BCUT2D eigenvalue weighted by Gasteiger charge is -2.16. The molecule has 0 spiro atoms. The molecule has 4 aromatic carbocycles. The average molecular weight is 386 g/mol. The summed E-state index contributed by atoms with van der Waals surface area (Å²) < 4.78 is 32.1. The van der Waals surface area contributed by atoms with Gasteiger partial charge in [0, 0.05) is 0 Å².